The van der Waals surface area contributed by atoms with Crippen molar-refractivity contribution >= 4 is 46.7 Å². The fourth-order valence-corrected chi connectivity index (χ4v) is 3.26. The molecule has 2 aromatic rings. The zero-order valence-electron chi connectivity index (χ0n) is 16.3. The normalized spacial score (nSPS) is 14.6. The van der Waals surface area contributed by atoms with Gasteiger partial charge in [-0.25, -0.2) is 0 Å². The van der Waals surface area contributed by atoms with Crippen LogP contribution in [-0.2, 0) is 4.79 Å². The minimum absolute atomic E-state index is 0.154. The maximum absolute atomic E-state index is 12.2. The highest BCUT2D eigenvalue weighted by molar-refractivity contribution is 6.56. The van der Waals surface area contributed by atoms with E-state index in [1.54, 1.807) is 25.3 Å². The molecule has 1 aliphatic heterocycles. The predicted octanol–water partition coefficient (Wildman–Crippen LogP) is 5.20. The van der Waals surface area contributed by atoms with Crippen LogP contribution in [-0.4, -0.2) is 31.6 Å². The molecule has 152 valence electrons. The van der Waals surface area contributed by atoms with Crippen LogP contribution in [0, 0.1) is 5.92 Å². The van der Waals surface area contributed by atoms with Crippen LogP contribution in [0.3, 0.4) is 0 Å². The molecular weight excluding hydrogens is 413 g/mol. The molecule has 1 aliphatic rings. The molecule has 0 radical (unpaired) electrons. The number of rotatable bonds is 7. The zero-order valence-corrected chi connectivity index (χ0v) is 17.8. The summed E-state index contributed by atoms with van der Waals surface area (Å²) in [7, 11) is 1.58. The third kappa shape index (κ3) is 5.08. The number of nitrogens with zero attached hydrogens (tertiary/aromatic N) is 2. The number of benzene rings is 2. The molecule has 0 spiro atoms. The smallest absolute Gasteiger partial charge is 0.276 e. The first-order chi connectivity index (χ1) is 13.9. The second-order valence-corrected chi connectivity index (χ2v) is 7.74. The minimum Gasteiger partial charge on any atom is -0.493 e. The van der Waals surface area contributed by atoms with Gasteiger partial charge in [0.1, 0.15) is 0 Å². The topological polar surface area (TPSA) is 72.3 Å². The lowest BCUT2D eigenvalue weighted by Gasteiger charge is -2.12. The van der Waals surface area contributed by atoms with E-state index in [9.17, 15) is 4.79 Å². The molecule has 6 nitrogen and oxygen atoms in total. The molecule has 1 heterocycles. The summed E-state index contributed by atoms with van der Waals surface area (Å²) < 4.78 is 11.2. The Labute approximate surface area is 179 Å². The van der Waals surface area contributed by atoms with Crippen molar-refractivity contribution in [1.82, 2.24) is 0 Å². The molecule has 1 amide bonds. The van der Waals surface area contributed by atoms with Gasteiger partial charge < -0.3 is 14.8 Å². The molecule has 29 heavy (non-hydrogen) atoms. The van der Waals surface area contributed by atoms with Gasteiger partial charge in [-0.1, -0.05) is 37.0 Å². The van der Waals surface area contributed by atoms with Crippen molar-refractivity contribution in [1.29, 1.82) is 0 Å². The van der Waals surface area contributed by atoms with Crippen LogP contribution in [0.1, 0.15) is 31.4 Å². The van der Waals surface area contributed by atoms with Gasteiger partial charge in [0.05, 0.1) is 30.6 Å². The van der Waals surface area contributed by atoms with Crippen LogP contribution in [0.5, 0.6) is 11.5 Å². The van der Waals surface area contributed by atoms with Gasteiger partial charge in [-0.2, -0.15) is 5.10 Å². The largest absolute Gasteiger partial charge is 0.493 e. The fraction of sp³-hybridized carbons (Fsp3) is 0.286. The monoisotopic (exact) mass is 433 g/mol. The lowest BCUT2D eigenvalue weighted by Crippen LogP contribution is -2.13. The summed E-state index contributed by atoms with van der Waals surface area (Å²) in [6.07, 6.45) is 2.49. The van der Waals surface area contributed by atoms with E-state index < -0.39 is 0 Å². The molecule has 0 atom stereocenters. The number of anilines is 1. The average Bonchev–Trinajstić information content (AvgIpc) is 2.98. The summed E-state index contributed by atoms with van der Waals surface area (Å²) in [5, 5.41) is 11.5. The molecule has 0 unspecified atom stereocenters. The van der Waals surface area contributed by atoms with Gasteiger partial charge in [-0.3, -0.25) is 4.79 Å². The van der Waals surface area contributed by atoms with Crippen molar-refractivity contribution in [3.05, 3.63) is 51.5 Å². The first-order valence-electron chi connectivity index (χ1n) is 9.11. The summed E-state index contributed by atoms with van der Waals surface area (Å²) in [5.74, 6) is 1.46. The lowest BCUT2D eigenvalue weighted by molar-refractivity contribution is -0.110. The van der Waals surface area contributed by atoms with E-state index in [1.165, 1.54) is 6.21 Å². The molecule has 0 fully saturated rings. The lowest BCUT2D eigenvalue weighted by atomic mass is 10.1. The van der Waals surface area contributed by atoms with Gasteiger partial charge in [0.15, 0.2) is 17.2 Å². The molecule has 8 heteroatoms. The Kier molecular flexibility index (Phi) is 6.77. The number of fused-ring (bicyclic) bond motifs is 1. The van der Waals surface area contributed by atoms with Gasteiger partial charge in [-0.05, 0) is 48.2 Å². The van der Waals surface area contributed by atoms with Crippen LogP contribution < -0.4 is 14.8 Å². The standard InChI is InChI=1S/C21H21Cl2N3O3/c1-12(2)6-7-29-17-5-4-13(8-18(17)28-3)11-24-26-20-15-9-14(22)10-16(23)19(15)25-21(20)27/h4-5,8-12H,6-7H2,1-3H3,(H,25,26,27). The zero-order chi connectivity index (χ0) is 21.0. The van der Waals surface area contributed by atoms with E-state index in [4.69, 9.17) is 32.7 Å². The number of hydrogen-bond donors (Lipinski definition) is 1. The molecule has 0 saturated carbocycles. The van der Waals surface area contributed by atoms with Gasteiger partial charge in [0.2, 0.25) is 0 Å². The summed E-state index contributed by atoms with van der Waals surface area (Å²) in [5.41, 5.74) is 1.92. The fourth-order valence-electron chi connectivity index (χ4n) is 2.72. The Bertz CT molecular complexity index is 987. The summed E-state index contributed by atoms with van der Waals surface area (Å²) >= 11 is 12.1. The minimum atomic E-state index is -0.382. The van der Waals surface area contributed by atoms with Gasteiger partial charge in [-0.15, -0.1) is 5.10 Å². The van der Waals surface area contributed by atoms with Crippen molar-refractivity contribution in [3.63, 3.8) is 0 Å². The SMILES string of the molecule is COc1cc(C=N/N=C2\C(=O)Nc3c(Cl)cc(Cl)cc32)ccc1OCCC(C)C. The van der Waals surface area contributed by atoms with Gasteiger partial charge >= 0.3 is 0 Å². The second kappa shape index (κ2) is 9.29. The molecule has 0 saturated heterocycles. The molecule has 0 aliphatic carbocycles. The highest BCUT2D eigenvalue weighted by atomic mass is 35.5. The summed E-state index contributed by atoms with van der Waals surface area (Å²) in [6.45, 7) is 4.91. The molecule has 0 bridgehead atoms. The number of methoxy groups -OCH3 is 1. The number of hydrogen-bond acceptors (Lipinski definition) is 5. The molecule has 2 aromatic carbocycles. The van der Waals surface area contributed by atoms with E-state index in [-0.39, 0.29) is 11.6 Å². The van der Waals surface area contributed by atoms with Crippen LogP contribution in [0.2, 0.25) is 10.0 Å². The van der Waals surface area contributed by atoms with Crippen molar-refractivity contribution in [2.24, 2.45) is 16.1 Å². The Morgan fingerprint density at radius 3 is 2.69 bits per heavy atom. The molecule has 3 rings (SSSR count). The van der Waals surface area contributed by atoms with Crippen molar-refractivity contribution < 1.29 is 14.3 Å². The quantitative estimate of drug-likeness (QED) is 0.481. The van der Waals surface area contributed by atoms with Crippen LogP contribution in [0.25, 0.3) is 0 Å². The van der Waals surface area contributed by atoms with Crippen molar-refractivity contribution in [2.45, 2.75) is 20.3 Å². The van der Waals surface area contributed by atoms with E-state index in [1.807, 2.05) is 12.1 Å². The maximum atomic E-state index is 12.2. The molecule has 1 N–H and O–H groups in total. The first-order valence-corrected chi connectivity index (χ1v) is 9.87. The summed E-state index contributed by atoms with van der Waals surface area (Å²) in [6, 6.07) is 8.65. The highest BCUT2D eigenvalue weighted by Crippen LogP contribution is 2.34. The third-order valence-electron chi connectivity index (χ3n) is 4.27. The van der Waals surface area contributed by atoms with Gasteiger partial charge in [0.25, 0.3) is 5.91 Å². The Morgan fingerprint density at radius 2 is 1.97 bits per heavy atom. The first kappa shape index (κ1) is 21.1. The summed E-state index contributed by atoms with van der Waals surface area (Å²) in [4.78, 5) is 12.2. The maximum Gasteiger partial charge on any atom is 0.276 e. The third-order valence-corrected chi connectivity index (χ3v) is 4.79. The number of ether oxygens (including phenoxy) is 2. The average molecular weight is 434 g/mol. The van der Waals surface area contributed by atoms with E-state index in [0.29, 0.717) is 45.3 Å². The van der Waals surface area contributed by atoms with E-state index >= 15 is 0 Å². The number of carbonyl (C=O) groups is 1. The second-order valence-electron chi connectivity index (χ2n) is 6.90. The van der Waals surface area contributed by atoms with Crippen molar-refractivity contribution in [3.8, 4) is 11.5 Å². The van der Waals surface area contributed by atoms with E-state index in [0.717, 1.165) is 12.0 Å². The van der Waals surface area contributed by atoms with Crippen molar-refractivity contribution in [2.75, 3.05) is 19.0 Å². The van der Waals surface area contributed by atoms with Crippen LogP contribution in [0.15, 0.2) is 40.5 Å². The van der Waals surface area contributed by atoms with Crippen LogP contribution in [0.4, 0.5) is 5.69 Å². The Balaban J connectivity index is 1.78. The van der Waals surface area contributed by atoms with Gasteiger partial charge in [0, 0.05) is 10.6 Å². The Hall–Kier alpha value is -2.57. The highest BCUT2D eigenvalue weighted by Gasteiger charge is 2.28. The van der Waals surface area contributed by atoms with Crippen LogP contribution >= 0.6 is 23.2 Å². The Morgan fingerprint density at radius 1 is 1.17 bits per heavy atom. The predicted molar refractivity (Wildman–Crippen MR) is 117 cm³/mol. The molecular formula is C21H21Cl2N3O3. The number of halogens is 2. The number of nitrogens with one attached hydrogen (secondary N) is 1. The molecule has 0 aromatic heterocycles. The van der Waals surface area contributed by atoms with E-state index in [2.05, 4.69) is 29.4 Å². The number of carbonyl (C=O) groups excluding carboxylic acids is 1. The number of amides is 1.